The standard InChI is InChI=1S/C17H21NO4/c1-2-11-22-17(21)18-9-7-14(8-10-18)12-13-3-5-15(6-4-13)16(19)20/h2-6,14H,1,7-12H2,(H,19,20). The average molecular weight is 303 g/mol. The fourth-order valence-corrected chi connectivity index (χ4v) is 2.66. The first kappa shape index (κ1) is 16.1. The van der Waals surface area contributed by atoms with E-state index in [0.29, 0.717) is 24.6 Å². The molecule has 1 N–H and O–H groups in total. The summed E-state index contributed by atoms with van der Waals surface area (Å²) in [5.74, 6) is -0.392. The average Bonchev–Trinajstić information content (AvgIpc) is 2.54. The summed E-state index contributed by atoms with van der Waals surface area (Å²) in [5, 5.41) is 8.88. The van der Waals surface area contributed by atoms with E-state index in [1.54, 1.807) is 23.1 Å². The maximum absolute atomic E-state index is 11.7. The molecule has 0 saturated carbocycles. The van der Waals surface area contributed by atoms with Gasteiger partial charge in [-0.25, -0.2) is 9.59 Å². The number of aromatic carboxylic acids is 1. The minimum absolute atomic E-state index is 0.245. The van der Waals surface area contributed by atoms with Gasteiger partial charge in [-0.15, -0.1) is 0 Å². The molecule has 5 heteroatoms. The molecule has 2 rings (SSSR count). The lowest BCUT2D eigenvalue weighted by Gasteiger charge is -2.31. The molecular formula is C17H21NO4. The predicted molar refractivity (Wildman–Crippen MR) is 82.9 cm³/mol. The van der Waals surface area contributed by atoms with E-state index in [0.717, 1.165) is 24.8 Å². The van der Waals surface area contributed by atoms with Crippen LogP contribution >= 0.6 is 0 Å². The number of carboxylic acids is 1. The molecule has 0 radical (unpaired) electrons. The zero-order valence-corrected chi connectivity index (χ0v) is 12.5. The molecule has 118 valence electrons. The number of carbonyl (C=O) groups is 2. The monoisotopic (exact) mass is 303 g/mol. The third kappa shape index (κ3) is 4.35. The van der Waals surface area contributed by atoms with E-state index in [1.165, 1.54) is 0 Å². The Hall–Kier alpha value is -2.30. The van der Waals surface area contributed by atoms with Crippen LogP contribution in [-0.2, 0) is 11.2 Å². The van der Waals surface area contributed by atoms with Gasteiger partial charge in [-0.2, -0.15) is 0 Å². The number of ether oxygens (including phenoxy) is 1. The molecule has 0 unspecified atom stereocenters. The van der Waals surface area contributed by atoms with Crippen LogP contribution in [0.1, 0.15) is 28.8 Å². The van der Waals surface area contributed by atoms with Crippen LogP contribution in [0.5, 0.6) is 0 Å². The van der Waals surface area contributed by atoms with Gasteiger partial charge in [0.1, 0.15) is 6.61 Å². The fraction of sp³-hybridized carbons (Fsp3) is 0.412. The topological polar surface area (TPSA) is 66.8 Å². The Morgan fingerprint density at radius 1 is 1.27 bits per heavy atom. The van der Waals surface area contributed by atoms with Gasteiger partial charge in [0.05, 0.1) is 5.56 Å². The molecule has 1 aromatic carbocycles. The molecule has 1 aliphatic rings. The molecule has 0 bridgehead atoms. The van der Waals surface area contributed by atoms with Crippen molar-refractivity contribution in [2.24, 2.45) is 5.92 Å². The van der Waals surface area contributed by atoms with Crippen LogP contribution < -0.4 is 0 Å². The minimum atomic E-state index is -0.905. The summed E-state index contributed by atoms with van der Waals surface area (Å²) in [6.45, 7) is 5.17. The summed E-state index contributed by atoms with van der Waals surface area (Å²) < 4.78 is 5.03. The molecule has 5 nitrogen and oxygen atoms in total. The maximum atomic E-state index is 11.7. The van der Waals surface area contributed by atoms with Crippen molar-refractivity contribution in [1.82, 2.24) is 4.90 Å². The quantitative estimate of drug-likeness (QED) is 0.849. The third-order valence-corrected chi connectivity index (χ3v) is 3.92. The normalized spacial score (nSPS) is 15.4. The maximum Gasteiger partial charge on any atom is 0.410 e. The number of likely N-dealkylation sites (tertiary alicyclic amines) is 1. The van der Waals surface area contributed by atoms with Crippen LogP contribution in [0.4, 0.5) is 4.79 Å². The summed E-state index contributed by atoms with van der Waals surface area (Å²) in [6.07, 6.45) is 4.07. The SMILES string of the molecule is C=CCOC(=O)N1CCC(Cc2ccc(C(=O)O)cc2)CC1. The Morgan fingerprint density at radius 2 is 1.91 bits per heavy atom. The predicted octanol–water partition coefficient (Wildman–Crippen LogP) is 2.96. The van der Waals surface area contributed by atoms with E-state index in [9.17, 15) is 9.59 Å². The van der Waals surface area contributed by atoms with Gasteiger partial charge in [-0.3, -0.25) is 0 Å². The summed E-state index contributed by atoms with van der Waals surface area (Å²) >= 11 is 0. The lowest BCUT2D eigenvalue weighted by atomic mass is 9.90. The molecule has 0 spiro atoms. The molecule has 1 fully saturated rings. The number of hydrogen-bond acceptors (Lipinski definition) is 3. The second-order valence-electron chi connectivity index (χ2n) is 5.50. The van der Waals surface area contributed by atoms with Gasteiger partial charge in [-0.05, 0) is 42.9 Å². The molecule has 1 aliphatic heterocycles. The molecule has 1 heterocycles. The Bertz CT molecular complexity index is 530. The molecule has 1 aromatic rings. The molecule has 1 amide bonds. The lowest BCUT2D eigenvalue weighted by Crippen LogP contribution is -2.39. The minimum Gasteiger partial charge on any atom is -0.478 e. The third-order valence-electron chi connectivity index (χ3n) is 3.92. The van der Waals surface area contributed by atoms with E-state index in [4.69, 9.17) is 9.84 Å². The molecule has 22 heavy (non-hydrogen) atoms. The van der Waals surface area contributed by atoms with Crippen LogP contribution in [-0.4, -0.2) is 41.8 Å². The second kappa shape index (κ2) is 7.64. The van der Waals surface area contributed by atoms with Crippen LogP contribution in [0.3, 0.4) is 0 Å². The van der Waals surface area contributed by atoms with Crippen LogP contribution in [0.25, 0.3) is 0 Å². The van der Waals surface area contributed by atoms with E-state index in [2.05, 4.69) is 6.58 Å². The summed E-state index contributed by atoms with van der Waals surface area (Å²) in [5.41, 5.74) is 1.45. The van der Waals surface area contributed by atoms with E-state index < -0.39 is 5.97 Å². The van der Waals surface area contributed by atoms with Gasteiger partial charge in [0.25, 0.3) is 0 Å². The molecule has 1 saturated heterocycles. The van der Waals surface area contributed by atoms with Gasteiger partial charge in [0.15, 0.2) is 0 Å². The zero-order chi connectivity index (χ0) is 15.9. The Kier molecular flexibility index (Phi) is 5.58. The molecule has 0 aliphatic carbocycles. The number of piperidine rings is 1. The van der Waals surface area contributed by atoms with Gasteiger partial charge in [0, 0.05) is 13.1 Å². The number of benzene rings is 1. The van der Waals surface area contributed by atoms with E-state index >= 15 is 0 Å². The van der Waals surface area contributed by atoms with Crippen molar-refractivity contribution >= 4 is 12.1 Å². The van der Waals surface area contributed by atoms with E-state index in [1.807, 2.05) is 12.1 Å². The Balaban J connectivity index is 1.80. The number of carbonyl (C=O) groups excluding carboxylic acids is 1. The largest absolute Gasteiger partial charge is 0.478 e. The number of rotatable bonds is 5. The molecule has 0 aromatic heterocycles. The highest BCUT2D eigenvalue weighted by molar-refractivity contribution is 5.87. The summed E-state index contributed by atoms with van der Waals surface area (Å²) in [6, 6.07) is 7.02. The highest BCUT2D eigenvalue weighted by Gasteiger charge is 2.23. The van der Waals surface area contributed by atoms with Crippen molar-refractivity contribution < 1.29 is 19.4 Å². The van der Waals surface area contributed by atoms with Crippen molar-refractivity contribution in [1.29, 1.82) is 0 Å². The Labute approximate surface area is 130 Å². The van der Waals surface area contributed by atoms with Crippen molar-refractivity contribution in [3.05, 3.63) is 48.0 Å². The number of nitrogens with zero attached hydrogens (tertiary/aromatic N) is 1. The Morgan fingerprint density at radius 3 is 2.45 bits per heavy atom. The fourth-order valence-electron chi connectivity index (χ4n) is 2.66. The molecular weight excluding hydrogens is 282 g/mol. The molecule has 0 atom stereocenters. The van der Waals surface area contributed by atoms with Crippen molar-refractivity contribution in [3.8, 4) is 0 Å². The number of carboxylic acid groups (broad SMARTS) is 1. The summed E-state index contributed by atoms with van der Waals surface area (Å²) in [7, 11) is 0. The van der Waals surface area contributed by atoms with Crippen molar-refractivity contribution in [3.63, 3.8) is 0 Å². The highest BCUT2D eigenvalue weighted by atomic mass is 16.6. The zero-order valence-electron chi connectivity index (χ0n) is 12.5. The van der Waals surface area contributed by atoms with Crippen LogP contribution in [0.2, 0.25) is 0 Å². The van der Waals surface area contributed by atoms with Crippen LogP contribution in [0, 0.1) is 5.92 Å². The smallest absolute Gasteiger partial charge is 0.410 e. The van der Waals surface area contributed by atoms with E-state index in [-0.39, 0.29) is 12.7 Å². The van der Waals surface area contributed by atoms with Gasteiger partial charge >= 0.3 is 12.1 Å². The first-order chi connectivity index (χ1) is 10.6. The van der Waals surface area contributed by atoms with Gasteiger partial charge in [-0.1, -0.05) is 24.8 Å². The van der Waals surface area contributed by atoms with Crippen molar-refractivity contribution in [2.45, 2.75) is 19.3 Å². The number of amides is 1. The highest BCUT2D eigenvalue weighted by Crippen LogP contribution is 2.22. The summed E-state index contributed by atoms with van der Waals surface area (Å²) in [4.78, 5) is 24.3. The first-order valence-electron chi connectivity index (χ1n) is 7.45. The van der Waals surface area contributed by atoms with Gasteiger partial charge < -0.3 is 14.7 Å². The lowest BCUT2D eigenvalue weighted by molar-refractivity contribution is 0.0696. The van der Waals surface area contributed by atoms with Crippen molar-refractivity contribution in [2.75, 3.05) is 19.7 Å². The van der Waals surface area contributed by atoms with Crippen LogP contribution in [0.15, 0.2) is 36.9 Å². The second-order valence-corrected chi connectivity index (χ2v) is 5.50. The number of hydrogen-bond donors (Lipinski definition) is 1. The first-order valence-corrected chi connectivity index (χ1v) is 7.45. The van der Waals surface area contributed by atoms with Gasteiger partial charge in [0.2, 0.25) is 0 Å².